The van der Waals surface area contributed by atoms with Crippen LogP contribution in [0.15, 0.2) is 23.3 Å². The molecule has 2 aliphatic rings. The second-order valence-corrected chi connectivity index (χ2v) is 6.27. The average Bonchev–Trinajstić information content (AvgIpc) is 3.37. The van der Waals surface area contributed by atoms with Gasteiger partial charge in [-0.3, -0.25) is 4.79 Å². The predicted octanol–water partition coefficient (Wildman–Crippen LogP) is 0.968. The van der Waals surface area contributed by atoms with Gasteiger partial charge in [-0.05, 0) is 31.7 Å². The molecule has 1 aliphatic heterocycles. The number of nitrogens with zero attached hydrogens (tertiary/aromatic N) is 3. The maximum Gasteiger partial charge on any atom is 0.220 e. The number of primary amides is 1. The van der Waals surface area contributed by atoms with Crippen molar-refractivity contribution in [1.29, 1.82) is 0 Å². The van der Waals surface area contributed by atoms with E-state index in [1.165, 1.54) is 12.8 Å². The number of halogens is 1. The minimum Gasteiger partial charge on any atom is -0.370 e. The number of guanidine groups is 1. The molecule has 0 atom stereocenters. The van der Waals surface area contributed by atoms with E-state index in [4.69, 9.17) is 11.5 Å². The number of nitrogens with two attached hydrogens (primary N) is 2. The molecule has 1 saturated carbocycles. The molecule has 2 heterocycles. The first-order valence-electron chi connectivity index (χ1n) is 8.18. The van der Waals surface area contributed by atoms with E-state index in [2.05, 4.69) is 20.2 Å². The van der Waals surface area contributed by atoms with E-state index in [0.717, 1.165) is 37.3 Å². The molecule has 0 unspecified atom stereocenters. The zero-order valence-electron chi connectivity index (χ0n) is 13.6. The van der Waals surface area contributed by atoms with E-state index in [0.29, 0.717) is 18.5 Å². The molecule has 5 N–H and O–H groups in total. The summed E-state index contributed by atoms with van der Waals surface area (Å²) in [6.45, 7) is 2.08. The normalized spacial score (nSPS) is 18.8. The lowest BCUT2D eigenvalue weighted by atomic mass is 9.96. The Bertz CT molecular complexity index is 596. The SMILES string of the molecule is I.NC(=O)C1CCN(c2ncccc2CN=C(N)NC2CC2)CC1. The topological polar surface area (TPSA) is 110 Å². The average molecular weight is 444 g/mol. The summed E-state index contributed by atoms with van der Waals surface area (Å²) < 4.78 is 0. The first kappa shape index (κ1) is 18.8. The van der Waals surface area contributed by atoms with Crippen molar-refractivity contribution in [3.63, 3.8) is 0 Å². The van der Waals surface area contributed by atoms with Crippen molar-refractivity contribution in [2.75, 3.05) is 18.0 Å². The molecule has 1 saturated heterocycles. The highest BCUT2D eigenvalue weighted by molar-refractivity contribution is 14.0. The van der Waals surface area contributed by atoms with Crippen LogP contribution in [-0.4, -0.2) is 36.0 Å². The Morgan fingerprint density at radius 3 is 2.62 bits per heavy atom. The molecule has 0 bridgehead atoms. The molecule has 24 heavy (non-hydrogen) atoms. The van der Waals surface area contributed by atoms with Crippen molar-refractivity contribution in [2.24, 2.45) is 22.4 Å². The number of nitrogens with one attached hydrogen (secondary N) is 1. The summed E-state index contributed by atoms with van der Waals surface area (Å²) in [7, 11) is 0. The number of amides is 1. The molecule has 1 aromatic rings. The van der Waals surface area contributed by atoms with E-state index in [9.17, 15) is 4.79 Å². The molecule has 1 amide bonds. The van der Waals surface area contributed by atoms with E-state index < -0.39 is 0 Å². The van der Waals surface area contributed by atoms with E-state index in [-0.39, 0.29) is 35.8 Å². The molecule has 7 nitrogen and oxygen atoms in total. The van der Waals surface area contributed by atoms with Gasteiger partial charge in [0.05, 0.1) is 6.54 Å². The third kappa shape index (κ3) is 4.96. The lowest BCUT2D eigenvalue weighted by molar-refractivity contribution is -0.122. The quantitative estimate of drug-likeness (QED) is 0.356. The van der Waals surface area contributed by atoms with E-state index in [1.807, 2.05) is 12.1 Å². The standard InChI is InChI=1S/C16H24N6O.HI/c17-14(23)11-5-8-22(9-6-11)15-12(2-1-7-19-15)10-20-16(18)21-13-3-4-13;/h1-2,7,11,13H,3-6,8-10H2,(H2,17,23)(H3,18,20,21);1H. The zero-order valence-corrected chi connectivity index (χ0v) is 16.0. The number of hydrogen-bond donors (Lipinski definition) is 3. The Morgan fingerprint density at radius 1 is 1.29 bits per heavy atom. The maximum absolute atomic E-state index is 11.3. The molecule has 0 radical (unpaired) electrons. The highest BCUT2D eigenvalue weighted by Gasteiger charge is 2.25. The van der Waals surface area contributed by atoms with Gasteiger partial charge < -0.3 is 21.7 Å². The Hall–Kier alpha value is -1.58. The number of aliphatic imine (C=N–C) groups is 1. The summed E-state index contributed by atoms with van der Waals surface area (Å²) in [4.78, 5) is 22.4. The van der Waals surface area contributed by atoms with Crippen LogP contribution in [0.25, 0.3) is 0 Å². The monoisotopic (exact) mass is 444 g/mol. The van der Waals surface area contributed by atoms with Crippen molar-refractivity contribution in [3.05, 3.63) is 23.9 Å². The molecule has 1 aliphatic carbocycles. The van der Waals surface area contributed by atoms with Crippen LogP contribution in [0.2, 0.25) is 0 Å². The van der Waals surface area contributed by atoms with E-state index >= 15 is 0 Å². The second-order valence-electron chi connectivity index (χ2n) is 6.27. The van der Waals surface area contributed by atoms with Crippen LogP contribution in [0, 0.1) is 5.92 Å². The molecular weight excluding hydrogens is 419 g/mol. The largest absolute Gasteiger partial charge is 0.370 e. The zero-order chi connectivity index (χ0) is 16.2. The Kier molecular flexibility index (Phi) is 6.64. The van der Waals surface area contributed by atoms with Gasteiger partial charge in [-0.25, -0.2) is 9.98 Å². The number of pyridine rings is 1. The number of carbonyl (C=O) groups excluding carboxylic acids is 1. The van der Waals surface area contributed by atoms with Crippen LogP contribution in [0.5, 0.6) is 0 Å². The summed E-state index contributed by atoms with van der Waals surface area (Å²) in [5.41, 5.74) is 12.3. The van der Waals surface area contributed by atoms with Gasteiger partial charge in [-0.2, -0.15) is 0 Å². The third-order valence-corrected chi connectivity index (χ3v) is 4.41. The Labute approximate surface area is 159 Å². The summed E-state index contributed by atoms with van der Waals surface area (Å²) in [6, 6.07) is 4.44. The molecule has 0 aromatic carbocycles. The predicted molar refractivity (Wildman–Crippen MR) is 105 cm³/mol. The van der Waals surface area contributed by atoms with Gasteiger partial charge in [-0.1, -0.05) is 6.07 Å². The van der Waals surface area contributed by atoms with Gasteiger partial charge in [0.1, 0.15) is 5.82 Å². The molecule has 0 spiro atoms. The highest BCUT2D eigenvalue weighted by Crippen LogP contribution is 2.25. The van der Waals surface area contributed by atoms with Crippen molar-refractivity contribution in [3.8, 4) is 0 Å². The van der Waals surface area contributed by atoms with Gasteiger partial charge in [-0.15, -0.1) is 24.0 Å². The summed E-state index contributed by atoms with van der Waals surface area (Å²) >= 11 is 0. The molecule has 3 rings (SSSR count). The van der Waals surface area contributed by atoms with Gasteiger partial charge in [0.2, 0.25) is 5.91 Å². The van der Waals surface area contributed by atoms with Crippen LogP contribution < -0.4 is 21.7 Å². The first-order chi connectivity index (χ1) is 11.1. The lowest BCUT2D eigenvalue weighted by Gasteiger charge is -2.32. The summed E-state index contributed by atoms with van der Waals surface area (Å²) in [6.07, 6.45) is 5.68. The number of aromatic nitrogens is 1. The van der Waals surface area contributed by atoms with Crippen molar-refractivity contribution < 1.29 is 4.79 Å². The molecule has 8 heteroatoms. The van der Waals surface area contributed by atoms with Gasteiger partial charge in [0.15, 0.2) is 5.96 Å². The van der Waals surface area contributed by atoms with Crippen LogP contribution in [-0.2, 0) is 11.3 Å². The van der Waals surface area contributed by atoms with Crippen LogP contribution in [0.1, 0.15) is 31.2 Å². The van der Waals surface area contributed by atoms with Gasteiger partial charge >= 0.3 is 0 Å². The number of rotatable bonds is 5. The van der Waals surface area contributed by atoms with Crippen molar-refractivity contribution >= 4 is 41.7 Å². The van der Waals surface area contributed by atoms with Crippen molar-refractivity contribution in [2.45, 2.75) is 38.3 Å². The minimum absolute atomic E-state index is 0. The highest BCUT2D eigenvalue weighted by atomic mass is 127. The smallest absolute Gasteiger partial charge is 0.220 e. The maximum atomic E-state index is 11.3. The fraction of sp³-hybridized carbons (Fsp3) is 0.562. The number of piperidine rings is 1. The van der Waals surface area contributed by atoms with Crippen LogP contribution in [0.3, 0.4) is 0 Å². The van der Waals surface area contributed by atoms with Crippen molar-refractivity contribution in [1.82, 2.24) is 10.3 Å². The third-order valence-electron chi connectivity index (χ3n) is 4.41. The van der Waals surface area contributed by atoms with E-state index in [1.54, 1.807) is 6.20 Å². The fourth-order valence-electron chi connectivity index (χ4n) is 2.87. The Morgan fingerprint density at radius 2 is 2.00 bits per heavy atom. The summed E-state index contributed by atoms with van der Waals surface area (Å²) in [5, 5.41) is 3.18. The lowest BCUT2D eigenvalue weighted by Crippen LogP contribution is -2.39. The second kappa shape index (κ2) is 8.50. The van der Waals surface area contributed by atoms with Gasteiger partial charge in [0.25, 0.3) is 0 Å². The minimum atomic E-state index is -0.200. The first-order valence-corrected chi connectivity index (χ1v) is 8.18. The van der Waals surface area contributed by atoms with Crippen LogP contribution >= 0.6 is 24.0 Å². The molecule has 2 fully saturated rings. The summed E-state index contributed by atoms with van der Waals surface area (Å²) in [5.74, 6) is 1.21. The molecular formula is C16H25IN6O. The number of anilines is 1. The molecule has 1 aromatic heterocycles. The van der Waals surface area contributed by atoms with Gasteiger partial charge in [0, 0.05) is 36.8 Å². The number of carbonyl (C=O) groups is 1. The fourth-order valence-corrected chi connectivity index (χ4v) is 2.87. The number of hydrogen-bond acceptors (Lipinski definition) is 4. The van der Waals surface area contributed by atoms with Crippen LogP contribution in [0.4, 0.5) is 5.82 Å². The molecule has 132 valence electrons. The Balaban J connectivity index is 0.00000208.